The lowest BCUT2D eigenvalue weighted by Crippen LogP contribution is -2.38. The first kappa shape index (κ1) is 16.0. The van der Waals surface area contributed by atoms with E-state index in [0.717, 1.165) is 49.9 Å². The Kier molecular flexibility index (Phi) is 4.64. The van der Waals surface area contributed by atoms with Crippen LogP contribution in [0.25, 0.3) is 0 Å². The van der Waals surface area contributed by atoms with Gasteiger partial charge in [0.15, 0.2) is 0 Å². The van der Waals surface area contributed by atoms with Crippen molar-refractivity contribution in [2.45, 2.75) is 52.0 Å². The highest BCUT2D eigenvalue weighted by Gasteiger charge is 2.30. The van der Waals surface area contributed by atoms with Crippen LogP contribution in [-0.4, -0.2) is 52.3 Å². The van der Waals surface area contributed by atoms with Crippen LogP contribution in [0.5, 0.6) is 0 Å². The molecular weight excluding hydrogens is 290 g/mol. The minimum absolute atomic E-state index is 0.0240. The second-order valence-electron chi connectivity index (χ2n) is 6.75. The van der Waals surface area contributed by atoms with E-state index in [1.807, 2.05) is 29.7 Å². The summed E-state index contributed by atoms with van der Waals surface area (Å²) in [4.78, 5) is 33.0. The highest BCUT2D eigenvalue weighted by atomic mass is 16.2. The molecule has 0 bridgehead atoms. The van der Waals surface area contributed by atoms with Gasteiger partial charge in [-0.25, -0.2) is 0 Å². The van der Waals surface area contributed by atoms with Gasteiger partial charge < -0.3 is 9.80 Å². The highest BCUT2D eigenvalue weighted by Crippen LogP contribution is 2.23. The number of carbonyl (C=O) groups excluding carboxylic acids is 2. The topological polar surface area (TPSA) is 53.5 Å². The van der Waals surface area contributed by atoms with Crippen LogP contribution in [0.4, 0.5) is 0 Å². The third-order valence-electron chi connectivity index (χ3n) is 4.95. The number of pyridine rings is 1. The third kappa shape index (κ3) is 3.38. The highest BCUT2D eigenvalue weighted by molar-refractivity contribution is 5.93. The van der Waals surface area contributed by atoms with Crippen LogP contribution >= 0.6 is 0 Å². The second kappa shape index (κ2) is 6.69. The first-order chi connectivity index (χ1) is 11.1. The quantitative estimate of drug-likeness (QED) is 0.841. The molecule has 1 unspecified atom stereocenters. The summed E-state index contributed by atoms with van der Waals surface area (Å²) in [5.74, 6) is 0.307. The monoisotopic (exact) mass is 315 g/mol. The van der Waals surface area contributed by atoms with Gasteiger partial charge in [0.05, 0.1) is 0 Å². The molecule has 2 aliphatic heterocycles. The maximum Gasteiger partial charge on any atom is 0.272 e. The SMILES string of the molecule is Cc1cnc(C(=O)N2CCCC(N3CCCC3=O)CC2)c(C)c1. The van der Waals surface area contributed by atoms with E-state index in [1.54, 1.807) is 6.20 Å². The zero-order chi connectivity index (χ0) is 16.4. The molecule has 2 saturated heterocycles. The van der Waals surface area contributed by atoms with Crippen molar-refractivity contribution in [3.63, 3.8) is 0 Å². The number of aryl methyl sites for hydroxylation is 2. The van der Waals surface area contributed by atoms with Crippen LogP contribution in [-0.2, 0) is 4.79 Å². The Morgan fingerprint density at radius 1 is 1.17 bits per heavy atom. The summed E-state index contributed by atoms with van der Waals surface area (Å²) in [6.07, 6.45) is 6.24. The average Bonchev–Trinajstić information content (AvgIpc) is 2.80. The van der Waals surface area contributed by atoms with Crippen molar-refractivity contribution in [3.8, 4) is 0 Å². The van der Waals surface area contributed by atoms with Crippen molar-refractivity contribution in [2.75, 3.05) is 19.6 Å². The van der Waals surface area contributed by atoms with Gasteiger partial charge in [-0.3, -0.25) is 14.6 Å². The number of likely N-dealkylation sites (tertiary alicyclic amines) is 2. The van der Waals surface area contributed by atoms with Crippen molar-refractivity contribution >= 4 is 11.8 Å². The zero-order valence-corrected chi connectivity index (χ0v) is 14.0. The molecule has 0 radical (unpaired) electrons. The summed E-state index contributed by atoms with van der Waals surface area (Å²) >= 11 is 0. The molecule has 0 N–H and O–H groups in total. The number of rotatable bonds is 2. The smallest absolute Gasteiger partial charge is 0.272 e. The maximum absolute atomic E-state index is 12.8. The number of hydrogen-bond acceptors (Lipinski definition) is 3. The predicted octanol–water partition coefficient (Wildman–Crippen LogP) is 2.32. The summed E-state index contributed by atoms with van der Waals surface area (Å²) < 4.78 is 0. The van der Waals surface area contributed by atoms with E-state index in [-0.39, 0.29) is 11.8 Å². The predicted molar refractivity (Wildman–Crippen MR) is 88.2 cm³/mol. The molecule has 0 saturated carbocycles. The molecule has 5 heteroatoms. The number of amides is 2. The number of aromatic nitrogens is 1. The van der Waals surface area contributed by atoms with Gasteiger partial charge >= 0.3 is 0 Å². The summed E-state index contributed by atoms with van der Waals surface area (Å²) in [5.41, 5.74) is 2.57. The second-order valence-corrected chi connectivity index (χ2v) is 6.75. The van der Waals surface area contributed by atoms with E-state index in [2.05, 4.69) is 4.98 Å². The Hall–Kier alpha value is -1.91. The van der Waals surface area contributed by atoms with Gasteiger partial charge in [-0.15, -0.1) is 0 Å². The Labute approximate surface area is 137 Å². The van der Waals surface area contributed by atoms with Gasteiger partial charge in [0.1, 0.15) is 5.69 Å². The summed E-state index contributed by atoms with van der Waals surface area (Å²) in [5, 5.41) is 0. The molecule has 0 aromatic carbocycles. The Morgan fingerprint density at radius 2 is 2.00 bits per heavy atom. The van der Waals surface area contributed by atoms with Gasteiger partial charge in [-0.2, -0.15) is 0 Å². The molecule has 5 nitrogen and oxygen atoms in total. The van der Waals surface area contributed by atoms with Crippen molar-refractivity contribution in [1.29, 1.82) is 0 Å². The molecule has 0 spiro atoms. The fourth-order valence-electron chi connectivity index (χ4n) is 3.74. The van der Waals surface area contributed by atoms with E-state index in [4.69, 9.17) is 0 Å². The first-order valence-electron chi connectivity index (χ1n) is 8.58. The van der Waals surface area contributed by atoms with Crippen LogP contribution < -0.4 is 0 Å². The summed E-state index contributed by atoms with van der Waals surface area (Å²) in [6.45, 7) is 6.28. The van der Waals surface area contributed by atoms with E-state index < -0.39 is 0 Å². The maximum atomic E-state index is 12.8. The molecule has 2 amide bonds. The lowest BCUT2D eigenvalue weighted by Gasteiger charge is -2.27. The van der Waals surface area contributed by atoms with Gasteiger partial charge in [-0.1, -0.05) is 6.07 Å². The fraction of sp³-hybridized carbons (Fsp3) is 0.611. The molecule has 1 atom stereocenters. The minimum Gasteiger partial charge on any atom is -0.340 e. The van der Waals surface area contributed by atoms with E-state index in [0.29, 0.717) is 24.7 Å². The Morgan fingerprint density at radius 3 is 2.70 bits per heavy atom. The van der Waals surface area contributed by atoms with Gasteiger partial charge in [0.2, 0.25) is 5.91 Å². The van der Waals surface area contributed by atoms with Crippen molar-refractivity contribution < 1.29 is 9.59 Å². The molecule has 124 valence electrons. The summed E-state index contributed by atoms with van der Waals surface area (Å²) in [7, 11) is 0. The Bertz CT molecular complexity index is 614. The van der Waals surface area contributed by atoms with E-state index in [1.165, 1.54) is 0 Å². The van der Waals surface area contributed by atoms with E-state index >= 15 is 0 Å². The minimum atomic E-state index is 0.0240. The Balaban J connectivity index is 1.67. The molecule has 3 rings (SSSR count). The molecule has 2 aliphatic rings. The summed E-state index contributed by atoms with van der Waals surface area (Å²) in [6, 6.07) is 2.30. The van der Waals surface area contributed by atoms with Gasteiger partial charge in [0, 0.05) is 38.3 Å². The molecule has 0 aliphatic carbocycles. The third-order valence-corrected chi connectivity index (χ3v) is 4.95. The van der Waals surface area contributed by atoms with E-state index in [9.17, 15) is 9.59 Å². The lowest BCUT2D eigenvalue weighted by atomic mass is 10.1. The van der Waals surface area contributed by atoms with Crippen molar-refractivity contribution in [3.05, 3.63) is 29.1 Å². The molecular formula is C18H25N3O2. The van der Waals surface area contributed by atoms with Crippen LogP contribution in [0.15, 0.2) is 12.3 Å². The first-order valence-corrected chi connectivity index (χ1v) is 8.58. The van der Waals surface area contributed by atoms with Crippen molar-refractivity contribution in [2.24, 2.45) is 0 Å². The molecule has 3 heterocycles. The normalized spacial score (nSPS) is 22.3. The van der Waals surface area contributed by atoms with Gasteiger partial charge in [-0.05, 0) is 50.7 Å². The zero-order valence-electron chi connectivity index (χ0n) is 14.0. The molecule has 1 aromatic heterocycles. The standard InChI is InChI=1S/C18H25N3O2/c1-13-11-14(2)17(19-12-13)18(23)20-8-3-5-15(7-10-20)21-9-4-6-16(21)22/h11-12,15H,3-10H2,1-2H3. The molecule has 2 fully saturated rings. The molecule has 1 aromatic rings. The number of nitrogens with zero attached hydrogens (tertiary/aromatic N) is 3. The van der Waals surface area contributed by atoms with Crippen LogP contribution in [0, 0.1) is 13.8 Å². The number of hydrogen-bond donors (Lipinski definition) is 0. The lowest BCUT2D eigenvalue weighted by molar-refractivity contribution is -0.129. The van der Waals surface area contributed by atoms with Crippen LogP contribution in [0.2, 0.25) is 0 Å². The average molecular weight is 315 g/mol. The van der Waals surface area contributed by atoms with Gasteiger partial charge in [0.25, 0.3) is 5.91 Å². The van der Waals surface area contributed by atoms with Crippen LogP contribution in [0.1, 0.15) is 53.7 Å². The molecule has 23 heavy (non-hydrogen) atoms. The fourth-order valence-corrected chi connectivity index (χ4v) is 3.74. The van der Waals surface area contributed by atoms with Crippen LogP contribution in [0.3, 0.4) is 0 Å². The van der Waals surface area contributed by atoms with Crippen molar-refractivity contribution in [1.82, 2.24) is 14.8 Å². The largest absolute Gasteiger partial charge is 0.340 e. The number of carbonyl (C=O) groups is 2.